The van der Waals surface area contributed by atoms with E-state index >= 15 is 0 Å². The number of carbonyl (C=O) groups excluding carboxylic acids is 2. The number of amides is 2. The molecule has 3 aliphatic heterocycles. The summed E-state index contributed by atoms with van der Waals surface area (Å²) in [5, 5.41) is 0. The van der Waals surface area contributed by atoms with Gasteiger partial charge in [0.2, 0.25) is 0 Å². The summed E-state index contributed by atoms with van der Waals surface area (Å²) in [5.74, 6) is 1.24. The van der Waals surface area contributed by atoms with Gasteiger partial charge in [-0.05, 0) is 31.4 Å². The van der Waals surface area contributed by atoms with Crippen LogP contribution in [0.3, 0.4) is 0 Å². The van der Waals surface area contributed by atoms with E-state index in [1.807, 2.05) is 15.9 Å². The highest BCUT2D eigenvalue weighted by Crippen LogP contribution is 2.36. The Morgan fingerprint density at radius 3 is 2.72 bits per heavy atom. The molecule has 0 aromatic carbocycles. The molecule has 2 aromatic rings. The molecule has 5 rings (SSSR count). The lowest BCUT2D eigenvalue weighted by molar-refractivity contribution is 0.0723. The van der Waals surface area contributed by atoms with Gasteiger partial charge in [-0.3, -0.25) is 9.59 Å². The van der Waals surface area contributed by atoms with Crippen molar-refractivity contribution in [2.75, 3.05) is 38.2 Å². The Bertz CT molecular complexity index is 986. The molecule has 0 bridgehead atoms. The minimum atomic E-state index is -0.0482. The second kappa shape index (κ2) is 7.02. The van der Waals surface area contributed by atoms with Crippen LogP contribution >= 0.6 is 0 Å². The van der Waals surface area contributed by atoms with Crippen LogP contribution in [0.5, 0.6) is 5.75 Å². The zero-order valence-corrected chi connectivity index (χ0v) is 16.4. The Labute approximate surface area is 169 Å². The standard InChI is InChI=1S/C21H23N5O3/c1-24-13-15-9-16(12-22-18(15)21(24)28)26-7-8-29-17-10-14(11-23-19(17)26)20(27)25-5-3-2-4-6-25/h9-12H,2-8,13H2,1H3. The van der Waals surface area contributed by atoms with Crippen molar-refractivity contribution in [2.45, 2.75) is 25.8 Å². The second-order valence-electron chi connectivity index (χ2n) is 7.76. The number of pyridine rings is 2. The quantitative estimate of drug-likeness (QED) is 0.779. The zero-order chi connectivity index (χ0) is 20.0. The van der Waals surface area contributed by atoms with E-state index in [4.69, 9.17) is 4.74 Å². The van der Waals surface area contributed by atoms with Crippen molar-refractivity contribution in [2.24, 2.45) is 0 Å². The minimum absolute atomic E-state index is 0.0153. The third kappa shape index (κ3) is 3.08. The summed E-state index contributed by atoms with van der Waals surface area (Å²) in [5.41, 5.74) is 2.87. The van der Waals surface area contributed by atoms with Crippen LogP contribution in [0.15, 0.2) is 24.5 Å². The van der Waals surface area contributed by atoms with Gasteiger partial charge >= 0.3 is 0 Å². The number of aromatic nitrogens is 2. The van der Waals surface area contributed by atoms with Gasteiger partial charge in [-0.2, -0.15) is 0 Å². The predicted octanol–water partition coefficient (Wildman–Crippen LogP) is 2.22. The number of piperidine rings is 1. The van der Waals surface area contributed by atoms with Gasteiger partial charge in [0, 0.05) is 38.4 Å². The number of anilines is 2. The first-order chi connectivity index (χ1) is 14.1. The maximum atomic E-state index is 12.8. The van der Waals surface area contributed by atoms with Crippen molar-refractivity contribution in [3.8, 4) is 5.75 Å². The van der Waals surface area contributed by atoms with Crippen molar-refractivity contribution >= 4 is 23.3 Å². The zero-order valence-electron chi connectivity index (χ0n) is 16.4. The Morgan fingerprint density at radius 2 is 1.90 bits per heavy atom. The molecule has 2 amide bonds. The molecular weight excluding hydrogens is 370 g/mol. The molecule has 2 aromatic heterocycles. The van der Waals surface area contributed by atoms with Gasteiger partial charge in [0.15, 0.2) is 11.6 Å². The molecule has 0 N–H and O–H groups in total. The fourth-order valence-corrected chi connectivity index (χ4v) is 4.21. The lowest BCUT2D eigenvalue weighted by atomic mass is 10.1. The molecule has 0 aliphatic carbocycles. The van der Waals surface area contributed by atoms with E-state index in [1.54, 1.807) is 30.4 Å². The average Bonchev–Trinajstić information content (AvgIpc) is 3.06. The van der Waals surface area contributed by atoms with E-state index in [0.717, 1.165) is 37.2 Å². The molecule has 1 saturated heterocycles. The highest BCUT2D eigenvalue weighted by molar-refractivity contribution is 5.97. The number of likely N-dealkylation sites (tertiary alicyclic amines) is 1. The predicted molar refractivity (Wildman–Crippen MR) is 107 cm³/mol. The van der Waals surface area contributed by atoms with E-state index in [0.29, 0.717) is 42.5 Å². The molecule has 29 heavy (non-hydrogen) atoms. The fraction of sp³-hybridized carbons (Fsp3) is 0.429. The van der Waals surface area contributed by atoms with E-state index in [2.05, 4.69) is 9.97 Å². The summed E-state index contributed by atoms with van der Waals surface area (Å²) < 4.78 is 5.82. The smallest absolute Gasteiger partial charge is 0.272 e. The Kier molecular flexibility index (Phi) is 4.34. The minimum Gasteiger partial charge on any atom is -0.488 e. The highest BCUT2D eigenvalue weighted by atomic mass is 16.5. The number of hydrogen-bond donors (Lipinski definition) is 0. The summed E-state index contributed by atoms with van der Waals surface area (Å²) >= 11 is 0. The lowest BCUT2D eigenvalue weighted by Crippen LogP contribution is -2.36. The van der Waals surface area contributed by atoms with Gasteiger partial charge in [0.05, 0.1) is 24.0 Å². The van der Waals surface area contributed by atoms with E-state index in [1.165, 1.54) is 6.42 Å². The van der Waals surface area contributed by atoms with Crippen molar-refractivity contribution in [1.29, 1.82) is 0 Å². The maximum Gasteiger partial charge on any atom is 0.272 e. The molecule has 0 atom stereocenters. The van der Waals surface area contributed by atoms with Crippen LogP contribution in [0.4, 0.5) is 11.5 Å². The summed E-state index contributed by atoms with van der Waals surface area (Å²) in [6.45, 7) is 3.28. The topological polar surface area (TPSA) is 78.9 Å². The SMILES string of the molecule is CN1Cc2cc(N3CCOc4cc(C(=O)N5CCCCC5)cnc43)cnc2C1=O. The summed E-state index contributed by atoms with van der Waals surface area (Å²) in [4.78, 5) is 39.4. The van der Waals surface area contributed by atoms with Crippen LogP contribution in [0.1, 0.15) is 45.7 Å². The van der Waals surface area contributed by atoms with Gasteiger partial charge in [0.1, 0.15) is 12.3 Å². The molecule has 3 aliphatic rings. The second-order valence-corrected chi connectivity index (χ2v) is 7.76. The number of ether oxygens (including phenoxy) is 1. The molecule has 0 unspecified atom stereocenters. The number of nitrogens with zero attached hydrogens (tertiary/aromatic N) is 5. The molecule has 0 spiro atoms. The normalized spacial score (nSPS) is 18.4. The van der Waals surface area contributed by atoms with Gasteiger partial charge in [0.25, 0.3) is 11.8 Å². The van der Waals surface area contributed by atoms with Crippen LogP contribution in [0, 0.1) is 0 Å². The largest absolute Gasteiger partial charge is 0.488 e. The molecule has 1 fully saturated rings. The van der Waals surface area contributed by atoms with Crippen LogP contribution < -0.4 is 9.64 Å². The van der Waals surface area contributed by atoms with Crippen LogP contribution in [-0.2, 0) is 6.54 Å². The van der Waals surface area contributed by atoms with Gasteiger partial charge in [-0.25, -0.2) is 9.97 Å². The van der Waals surface area contributed by atoms with Crippen LogP contribution in [-0.4, -0.2) is 64.9 Å². The van der Waals surface area contributed by atoms with Gasteiger partial charge in [-0.1, -0.05) is 0 Å². The Hall–Kier alpha value is -3.16. The summed E-state index contributed by atoms with van der Waals surface area (Å²) in [7, 11) is 1.77. The summed E-state index contributed by atoms with van der Waals surface area (Å²) in [6, 6.07) is 3.79. The number of hydrogen-bond acceptors (Lipinski definition) is 6. The van der Waals surface area contributed by atoms with Crippen LogP contribution in [0.2, 0.25) is 0 Å². The van der Waals surface area contributed by atoms with E-state index in [-0.39, 0.29) is 11.8 Å². The molecule has 150 valence electrons. The summed E-state index contributed by atoms with van der Waals surface area (Å²) in [6.07, 6.45) is 6.63. The first kappa shape index (κ1) is 17.9. The first-order valence-corrected chi connectivity index (χ1v) is 10.1. The molecule has 5 heterocycles. The van der Waals surface area contributed by atoms with Crippen molar-refractivity contribution in [3.05, 3.63) is 41.3 Å². The van der Waals surface area contributed by atoms with E-state index in [9.17, 15) is 9.59 Å². The average molecular weight is 393 g/mol. The number of carbonyl (C=O) groups is 2. The number of fused-ring (bicyclic) bond motifs is 2. The molecular formula is C21H23N5O3. The molecule has 0 saturated carbocycles. The first-order valence-electron chi connectivity index (χ1n) is 10.1. The monoisotopic (exact) mass is 393 g/mol. The van der Waals surface area contributed by atoms with Crippen LogP contribution in [0.25, 0.3) is 0 Å². The van der Waals surface area contributed by atoms with Gasteiger partial charge < -0.3 is 19.4 Å². The fourth-order valence-electron chi connectivity index (χ4n) is 4.21. The highest BCUT2D eigenvalue weighted by Gasteiger charge is 2.29. The Balaban J connectivity index is 1.44. The maximum absolute atomic E-state index is 12.8. The molecule has 0 radical (unpaired) electrons. The van der Waals surface area contributed by atoms with Crippen molar-refractivity contribution < 1.29 is 14.3 Å². The lowest BCUT2D eigenvalue weighted by Gasteiger charge is -2.31. The molecule has 8 nitrogen and oxygen atoms in total. The van der Waals surface area contributed by atoms with E-state index < -0.39 is 0 Å². The molecule has 8 heteroatoms. The van der Waals surface area contributed by atoms with Crippen molar-refractivity contribution in [1.82, 2.24) is 19.8 Å². The number of rotatable bonds is 2. The Morgan fingerprint density at radius 1 is 1.07 bits per heavy atom. The van der Waals surface area contributed by atoms with Gasteiger partial charge in [-0.15, -0.1) is 0 Å². The third-order valence-corrected chi connectivity index (χ3v) is 5.77. The van der Waals surface area contributed by atoms with Crippen molar-refractivity contribution in [3.63, 3.8) is 0 Å². The third-order valence-electron chi connectivity index (χ3n) is 5.77.